The number of aliphatic carboxylic acids is 1. The van der Waals surface area contributed by atoms with Crippen LogP contribution in [0.3, 0.4) is 0 Å². The molecule has 2 aromatic heterocycles. The van der Waals surface area contributed by atoms with Crippen molar-refractivity contribution in [2.75, 3.05) is 13.2 Å². The molecule has 1 aromatic carbocycles. The molecule has 9 nitrogen and oxygen atoms in total. The number of alkyl halides is 3. The number of halogens is 3. The second-order valence-corrected chi connectivity index (χ2v) is 7.75. The second kappa shape index (κ2) is 11.0. The summed E-state index contributed by atoms with van der Waals surface area (Å²) >= 11 is 0. The van der Waals surface area contributed by atoms with E-state index in [0.717, 1.165) is 17.1 Å². The van der Waals surface area contributed by atoms with Crippen LogP contribution in [-0.2, 0) is 22.7 Å². The van der Waals surface area contributed by atoms with Crippen LogP contribution < -0.4 is 0 Å². The first-order valence-electron chi connectivity index (χ1n) is 10.5. The number of phenols is 1. The molecule has 3 heterocycles. The van der Waals surface area contributed by atoms with Gasteiger partial charge in [-0.2, -0.15) is 18.3 Å². The third kappa shape index (κ3) is 7.03. The SMILES string of the molecule is Cc1cccc(COCC2CN(C(=O)c3cccc(O)c3)Cc3ccnn32)n1.O=C(O)C(F)(F)F. The molecule has 0 radical (unpaired) electrons. The van der Waals surface area contributed by atoms with Gasteiger partial charge in [-0.3, -0.25) is 14.5 Å². The maximum atomic E-state index is 12.9. The van der Waals surface area contributed by atoms with Crippen LogP contribution in [0, 0.1) is 6.92 Å². The van der Waals surface area contributed by atoms with Crippen LogP contribution in [0.1, 0.15) is 33.5 Å². The molecule has 12 heteroatoms. The number of amides is 1. The molecule has 186 valence electrons. The summed E-state index contributed by atoms with van der Waals surface area (Å²) in [4.78, 5) is 28.0. The van der Waals surface area contributed by atoms with Gasteiger partial charge in [-0.05, 0) is 43.3 Å². The number of aryl methyl sites for hydroxylation is 1. The quantitative estimate of drug-likeness (QED) is 0.561. The summed E-state index contributed by atoms with van der Waals surface area (Å²) < 4.78 is 39.6. The fraction of sp³-hybridized carbons (Fsp3) is 0.304. The van der Waals surface area contributed by atoms with E-state index in [1.165, 1.54) is 6.07 Å². The highest BCUT2D eigenvalue weighted by atomic mass is 19.4. The van der Waals surface area contributed by atoms with Gasteiger partial charge in [-0.1, -0.05) is 12.1 Å². The van der Waals surface area contributed by atoms with E-state index in [9.17, 15) is 23.1 Å². The molecule has 0 saturated heterocycles. The maximum absolute atomic E-state index is 12.9. The first kappa shape index (κ1) is 25.7. The first-order valence-corrected chi connectivity index (χ1v) is 10.5. The zero-order chi connectivity index (χ0) is 25.6. The molecular formula is C23H23F3N4O5. The molecule has 35 heavy (non-hydrogen) atoms. The van der Waals surface area contributed by atoms with Crippen LogP contribution in [-0.4, -0.2) is 61.1 Å². The minimum absolute atomic E-state index is 0.0789. The Bertz CT molecular complexity index is 1180. The van der Waals surface area contributed by atoms with Gasteiger partial charge in [0.1, 0.15) is 5.75 Å². The highest BCUT2D eigenvalue weighted by Gasteiger charge is 2.38. The van der Waals surface area contributed by atoms with Crippen LogP contribution in [0.25, 0.3) is 0 Å². The summed E-state index contributed by atoms with van der Waals surface area (Å²) in [6.45, 7) is 3.75. The number of nitrogens with zero attached hydrogens (tertiary/aromatic N) is 4. The number of benzene rings is 1. The molecule has 4 rings (SSSR count). The molecule has 1 aliphatic rings. The summed E-state index contributed by atoms with van der Waals surface area (Å²) in [5, 5.41) is 21.2. The van der Waals surface area contributed by atoms with Gasteiger partial charge in [0, 0.05) is 24.0 Å². The average molecular weight is 492 g/mol. The Morgan fingerprint density at radius 2 is 1.89 bits per heavy atom. The Kier molecular flexibility index (Phi) is 8.07. The standard InChI is InChI=1S/C21H22N4O3.C2HF3O2/c1-15-4-2-6-17(23-15)13-28-14-19-12-24(11-18-8-9-22-25(18)19)21(27)16-5-3-7-20(26)10-16;3-2(4,5)1(6)7/h2-10,19,26H,11-14H2,1H3;(H,6,7). The van der Waals surface area contributed by atoms with Gasteiger partial charge in [-0.15, -0.1) is 0 Å². The fourth-order valence-electron chi connectivity index (χ4n) is 3.47. The van der Waals surface area contributed by atoms with E-state index in [-0.39, 0.29) is 17.7 Å². The average Bonchev–Trinajstić information content (AvgIpc) is 3.27. The lowest BCUT2D eigenvalue weighted by Crippen LogP contribution is -2.42. The summed E-state index contributed by atoms with van der Waals surface area (Å²) in [6, 6.07) is 14.1. The van der Waals surface area contributed by atoms with Crippen molar-refractivity contribution < 1.29 is 37.7 Å². The molecular weight excluding hydrogens is 469 g/mol. The van der Waals surface area contributed by atoms with Crippen molar-refractivity contribution in [2.24, 2.45) is 0 Å². The molecule has 1 atom stereocenters. The number of aromatic nitrogens is 3. The number of rotatable bonds is 5. The molecule has 1 unspecified atom stereocenters. The number of carbonyl (C=O) groups is 2. The number of fused-ring (bicyclic) bond motifs is 1. The molecule has 0 aliphatic carbocycles. The third-order valence-corrected chi connectivity index (χ3v) is 5.01. The number of hydrogen-bond donors (Lipinski definition) is 2. The molecule has 0 fully saturated rings. The number of pyridine rings is 1. The van der Waals surface area contributed by atoms with Crippen molar-refractivity contribution in [3.8, 4) is 5.75 Å². The Morgan fingerprint density at radius 3 is 2.54 bits per heavy atom. The maximum Gasteiger partial charge on any atom is 0.490 e. The Morgan fingerprint density at radius 1 is 1.17 bits per heavy atom. The predicted octanol–water partition coefficient (Wildman–Crippen LogP) is 3.34. The van der Waals surface area contributed by atoms with Crippen LogP contribution >= 0.6 is 0 Å². The summed E-state index contributed by atoms with van der Waals surface area (Å²) in [5.74, 6) is -2.79. The largest absolute Gasteiger partial charge is 0.508 e. The second-order valence-electron chi connectivity index (χ2n) is 7.75. The van der Waals surface area contributed by atoms with Gasteiger partial charge in [0.05, 0.1) is 37.2 Å². The van der Waals surface area contributed by atoms with E-state index in [1.807, 2.05) is 35.9 Å². The monoisotopic (exact) mass is 492 g/mol. The Hall–Kier alpha value is -3.93. The van der Waals surface area contributed by atoms with E-state index in [0.29, 0.717) is 31.9 Å². The highest BCUT2D eigenvalue weighted by Crippen LogP contribution is 2.23. The Labute approximate surface area is 198 Å². The number of carbonyl (C=O) groups excluding carboxylic acids is 1. The number of ether oxygens (including phenoxy) is 1. The summed E-state index contributed by atoms with van der Waals surface area (Å²) in [6.07, 6.45) is -3.34. The van der Waals surface area contributed by atoms with Crippen molar-refractivity contribution in [2.45, 2.75) is 32.3 Å². The zero-order valence-corrected chi connectivity index (χ0v) is 18.6. The topological polar surface area (TPSA) is 118 Å². The number of hydrogen-bond acceptors (Lipinski definition) is 6. The fourth-order valence-corrected chi connectivity index (χ4v) is 3.47. The van der Waals surface area contributed by atoms with Crippen molar-refractivity contribution >= 4 is 11.9 Å². The van der Waals surface area contributed by atoms with Gasteiger partial charge in [-0.25, -0.2) is 4.79 Å². The molecule has 0 spiro atoms. The van der Waals surface area contributed by atoms with E-state index < -0.39 is 12.1 Å². The Balaban J connectivity index is 0.000000429. The zero-order valence-electron chi connectivity index (χ0n) is 18.6. The van der Waals surface area contributed by atoms with Crippen LogP contribution in [0.4, 0.5) is 13.2 Å². The lowest BCUT2D eigenvalue weighted by molar-refractivity contribution is -0.192. The minimum atomic E-state index is -5.08. The number of aromatic hydroxyl groups is 1. The van der Waals surface area contributed by atoms with Crippen LogP contribution in [0.5, 0.6) is 5.75 Å². The third-order valence-electron chi connectivity index (χ3n) is 5.01. The first-order chi connectivity index (χ1) is 16.5. The molecule has 2 N–H and O–H groups in total. The van der Waals surface area contributed by atoms with Crippen molar-refractivity contribution in [1.29, 1.82) is 0 Å². The van der Waals surface area contributed by atoms with Crippen molar-refractivity contribution in [1.82, 2.24) is 19.7 Å². The van der Waals surface area contributed by atoms with Gasteiger partial charge < -0.3 is 19.8 Å². The molecule has 1 amide bonds. The molecule has 0 bridgehead atoms. The van der Waals surface area contributed by atoms with Crippen LogP contribution in [0.15, 0.2) is 54.7 Å². The van der Waals surface area contributed by atoms with E-state index in [2.05, 4.69) is 10.1 Å². The van der Waals surface area contributed by atoms with Gasteiger partial charge in [0.2, 0.25) is 0 Å². The normalized spacial score (nSPS) is 15.1. The lowest BCUT2D eigenvalue weighted by Gasteiger charge is -2.34. The summed E-state index contributed by atoms with van der Waals surface area (Å²) in [5.41, 5.74) is 3.26. The molecule has 0 saturated carbocycles. The highest BCUT2D eigenvalue weighted by molar-refractivity contribution is 5.94. The van der Waals surface area contributed by atoms with E-state index >= 15 is 0 Å². The van der Waals surface area contributed by atoms with Crippen LogP contribution in [0.2, 0.25) is 0 Å². The lowest BCUT2D eigenvalue weighted by atomic mass is 10.1. The van der Waals surface area contributed by atoms with E-state index in [4.69, 9.17) is 14.6 Å². The van der Waals surface area contributed by atoms with Gasteiger partial charge in [0.15, 0.2) is 0 Å². The van der Waals surface area contributed by atoms with Crippen molar-refractivity contribution in [3.05, 3.63) is 77.4 Å². The van der Waals surface area contributed by atoms with Crippen molar-refractivity contribution in [3.63, 3.8) is 0 Å². The molecule has 3 aromatic rings. The number of carboxylic acids is 1. The van der Waals surface area contributed by atoms with Gasteiger partial charge in [0.25, 0.3) is 5.91 Å². The van der Waals surface area contributed by atoms with E-state index in [1.54, 1.807) is 29.3 Å². The molecule has 1 aliphatic heterocycles. The predicted molar refractivity (Wildman–Crippen MR) is 116 cm³/mol. The number of phenolic OH excluding ortho intramolecular Hbond substituents is 1. The van der Waals surface area contributed by atoms with Gasteiger partial charge >= 0.3 is 12.1 Å². The minimum Gasteiger partial charge on any atom is -0.508 e. The number of carboxylic acid groups (broad SMARTS) is 1. The summed E-state index contributed by atoms with van der Waals surface area (Å²) in [7, 11) is 0. The smallest absolute Gasteiger partial charge is 0.490 e.